The van der Waals surface area contributed by atoms with Gasteiger partial charge in [0.1, 0.15) is 5.01 Å². The van der Waals surface area contributed by atoms with Crippen molar-refractivity contribution in [1.82, 2.24) is 14.8 Å². The minimum Gasteiger partial charge on any atom is -0.297 e. The standard InChI is InChI=1S/C23H23N3O2S2/c27-22-17-6-2-3-7-18(17)23(28)26(22)12-13-29-16-8-9-19-20(14-16)30-21(24-19)15-25-10-4-1-5-11-25/h2-3,6-9,14H,1,4-5,10-13,15H2. The van der Waals surface area contributed by atoms with E-state index in [2.05, 4.69) is 23.1 Å². The number of nitrogens with zero attached hydrogens (tertiary/aromatic N) is 3. The van der Waals surface area contributed by atoms with Gasteiger partial charge in [-0.2, -0.15) is 0 Å². The molecule has 7 heteroatoms. The van der Waals surface area contributed by atoms with Gasteiger partial charge >= 0.3 is 0 Å². The van der Waals surface area contributed by atoms with E-state index in [1.807, 2.05) is 0 Å². The number of fused-ring (bicyclic) bond motifs is 2. The van der Waals surface area contributed by atoms with Crippen molar-refractivity contribution >= 4 is 45.1 Å². The van der Waals surface area contributed by atoms with Crippen molar-refractivity contribution in [1.29, 1.82) is 0 Å². The van der Waals surface area contributed by atoms with Gasteiger partial charge in [0.25, 0.3) is 11.8 Å². The zero-order chi connectivity index (χ0) is 20.5. The van der Waals surface area contributed by atoms with Crippen molar-refractivity contribution in [2.75, 3.05) is 25.4 Å². The molecule has 0 radical (unpaired) electrons. The summed E-state index contributed by atoms with van der Waals surface area (Å²) in [6.45, 7) is 3.71. The molecule has 30 heavy (non-hydrogen) atoms. The van der Waals surface area contributed by atoms with Crippen LogP contribution in [0.3, 0.4) is 0 Å². The van der Waals surface area contributed by atoms with Crippen LogP contribution in [0.2, 0.25) is 0 Å². The molecule has 3 heterocycles. The predicted molar refractivity (Wildman–Crippen MR) is 121 cm³/mol. The lowest BCUT2D eigenvalue weighted by molar-refractivity contribution is 0.0664. The highest BCUT2D eigenvalue weighted by molar-refractivity contribution is 7.99. The van der Waals surface area contributed by atoms with E-state index in [4.69, 9.17) is 4.98 Å². The van der Waals surface area contributed by atoms with Crippen LogP contribution >= 0.6 is 23.1 Å². The third-order valence-electron chi connectivity index (χ3n) is 5.67. The molecule has 2 aromatic carbocycles. The lowest BCUT2D eigenvalue weighted by Gasteiger charge is -2.25. The van der Waals surface area contributed by atoms with E-state index >= 15 is 0 Å². The Morgan fingerprint density at radius 2 is 1.70 bits per heavy atom. The van der Waals surface area contributed by atoms with Crippen LogP contribution in [0.4, 0.5) is 0 Å². The molecule has 1 aromatic heterocycles. The highest BCUT2D eigenvalue weighted by atomic mass is 32.2. The molecule has 0 bridgehead atoms. The summed E-state index contributed by atoms with van der Waals surface area (Å²) in [5.74, 6) is 0.309. The number of rotatable bonds is 6. The summed E-state index contributed by atoms with van der Waals surface area (Å²) in [4.78, 5) is 34.8. The zero-order valence-corrected chi connectivity index (χ0v) is 18.3. The van der Waals surface area contributed by atoms with E-state index in [0.717, 1.165) is 17.0 Å². The van der Waals surface area contributed by atoms with Crippen LogP contribution in [-0.4, -0.2) is 52.0 Å². The third-order valence-corrected chi connectivity index (χ3v) is 7.65. The molecule has 0 saturated carbocycles. The quantitative estimate of drug-likeness (QED) is 0.414. The SMILES string of the molecule is O=C1c2ccccc2C(=O)N1CCSc1ccc2nc(CN3CCCCC3)sc2c1. The van der Waals surface area contributed by atoms with Crippen molar-refractivity contribution in [2.45, 2.75) is 30.7 Å². The second-order valence-corrected chi connectivity index (χ2v) is 10.0. The molecule has 2 aliphatic rings. The lowest BCUT2D eigenvalue weighted by Crippen LogP contribution is -2.31. The molecular weight excluding hydrogens is 414 g/mol. The Kier molecular flexibility index (Phi) is 5.58. The molecule has 1 saturated heterocycles. The number of hydrogen-bond donors (Lipinski definition) is 0. The monoisotopic (exact) mass is 437 g/mol. The van der Waals surface area contributed by atoms with E-state index in [1.54, 1.807) is 47.4 Å². The molecule has 2 aliphatic heterocycles. The van der Waals surface area contributed by atoms with Crippen LogP contribution in [0, 0.1) is 0 Å². The Labute approximate surface area is 184 Å². The van der Waals surface area contributed by atoms with Crippen molar-refractivity contribution in [3.05, 3.63) is 58.6 Å². The molecular formula is C23H23N3O2S2. The van der Waals surface area contributed by atoms with Crippen molar-refractivity contribution < 1.29 is 9.59 Å². The Bertz CT molecular complexity index is 1070. The summed E-state index contributed by atoms with van der Waals surface area (Å²) >= 11 is 3.44. The highest BCUT2D eigenvalue weighted by Crippen LogP contribution is 2.30. The summed E-state index contributed by atoms with van der Waals surface area (Å²) in [7, 11) is 0. The molecule has 0 aliphatic carbocycles. The van der Waals surface area contributed by atoms with E-state index < -0.39 is 0 Å². The van der Waals surface area contributed by atoms with Crippen LogP contribution in [0.15, 0.2) is 47.4 Å². The number of likely N-dealkylation sites (tertiary alicyclic amines) is 1. The van der Waals surface area contributed by atoms with E-state index in [9.17, 15) is 9.59 Å². The van der Waals surface area contributed by atoms with Crippen LogP contribution in [-0.2, 0) is 6.54 Å². The number of aromatic nitrogens is 1. The van der Waals surface area contributed by atoms with Crippen molar-refractivity contribution in [3.63, 3.8) is 0 Å². The first-order chi connectivity index (χ1) is 14.7. The Morgan fingerprint density at radius 3 is 2.43 bits per heavy atom. The number of imide groups is 1. The van der Waals surface area contributed by atoms with Gasteiger partial charge < -0.3 is 0 Å². The molecule has 0 unspecified atom stereocenters. The number of thiazole rings is 1. The maximum absolute atomic E-state index is 12.5. The number of benzene rings is 2. The summed E-state index contributed by atoms with van der Waals surface area (Å²) in [6.07, 6.45) is 3.93. The second kappa shape index (κ2) is 8.49. The van der Waals surface area contributed by atoms with Gasteiger partial charge in [-0.3, -0.25) is 19.4 Å². The number of amides is 2. The van der Waals surface area contributed by atoms with Gasteiger partial charge in [0.05, 0.1) is 27.9 Å². The zero-order valence-electron chi connectivity index (χ0n) is 16.7. The maximum atomic E-state index is 12.5. The number of carbonyl (C=O) groups excluding carboxylic acids is 2. The molecule has 154 valence electrons. The Hall–Kier alpha value is -2.22. The lowest BCUT2D eigenvalue weighted by atomic mass is 10.1. The first kappa shape index (κ1) is 19.7. The van der Waals surface area contributed by atoms with Crippen LogP contribution in [0.25, 0.3) is 10.2 Å². The summed E-state index contributed by atoms with van der Waals surface area (Å²) in [6, 6.07) is 13.4. The van der Waals surface area contributed by atoms with Crippen LogP contribution < -0.4 is 0 Å². The molecule has 3 aromatic rings. The second-order valence-electron chi connectivity index (χ2n) is 7.73. The van der Waals surface area contributed by atoms with Crippen molar-refractivity contribution in [2.24, 2.45) is 0 Å². The summed E-state index contributed by atoms with van der Waals surface area (Å²) in [5.41, 5.74) is 2.08. The summed E-state index contributed by atoms with van der Waals surface area (Å²) < 4.78 is 1.20. The van der Waals surface area contributed by atoms with Gasteiger partial charge in [0, 0.05) is 17.2 Å². The topological polar surface area (TPSA) is 53.5 Å². The number of hydrogen-bond acceptors (Lipinski definition) is 6. The first-order valence-corrected chi connectivity index (χ1v) is 12.2. The highest BCUT2D eigenvalue weighted by Gasteiger charge is 2.34. The van der Waals surface area contributed by atoms with Crippen LogP contribution in [0.1, 0.15) is 45.0 Å². The average Bonchev–Trinajstić information content (AvgIpc) is 3.28. The van der Waals surface area contributed by atoms with Crippen LogP contribution in [0.5, 0.6) is 0 Å². The molecule has 2 amide bonds. The fraction of sp³-hybridized carbons (Fsp3) is 0.348. The van der Waals surface area contributed by atoms with E-state index in [1.165, 1.54) is 47.0 Å². The van der Waals surface area contributed by atoms with Gasteiger partial charge in [-0.1, -0.05) is 18.6 Å². The van der Waals surface area contributed by atoms with E-state index in [-0.39, 0.29) is 11.8 Å². The minimum absolute atomic E-state index is 0.184. The van der Waals surface area contributed by atoms with E-state index in [0.29, 0.717) is 23.4 Å². The molecule has 0 spiro atoms. The van der Waals surface area contributed by atoms with Gasteiger partial charge in [-0.05, 0) is 56.3 Å². The largest absolute Gasteiger partial charge is 0.297 e. The predicted octanol–water partition coefficient (Wildman–Crippen LogP) is 4.67. The van der Waals surface area contributed by atoms with Gasteiger partial charge in [-0.25, -0.2) is 4.98 Å². The normalized spacial score (nSPS) is 17.1. The van der Waals surface area contributed by atoms with Gasteiger partial charge in [0.2, 0.25) is 0 Å². The maximum Gasteiger partial charge on any atom is 0.261 e. The fourth-order valence-corrected chi connectivity index (χ4v) is 6.11. The molecule has 5 nitrogen and oxygen atoms in total. The smallest absolute Gasteiger partial charge is 0.261 e. The average molecular weight is 438 g/mol. The number of carbonyl (C=O) groups is 2. The summed E-state index contributed by atoms with van der Waals surface area (Å²) in [5, 5.41) is 1.18. The first-order valence-electron chi connectivity index (χ1n) is 10.4. The molecule has 0 atom stereocenters. The minimum atomic E-state index is -0.184. The molecule has 0 N–H and O–H groups in total. The Balaban J connectivity index is 1.21. The van der Waals surface area contributed by atoms with Gasteiger partial charge in [0.15, 0.2) is 0 Å². The molecule has 1 fully saturated rings. The van der Waals surface area contributed by atoms with Gasteiger partial charge in [-0.15, -0.1) is 23.1 Å². The Morgan fingerprint density at radius 1 is 0.967 bits per heavy atom. The molecule has 5 rings (SSSR count). The fourth-order valence-electron chi connectivity index (χ4n) is 4.12. The number of piperidine rings is 1. The number of thioether (sulfide) groups is 1. The van der Waals surface area contributed by atoms with Crippen molar-refractivity contribution in [3.8, 4) is 0 Å². The third kappa shape index (κ3) is 3.89.